The molecular formula is C49H60FN9O6. The van der Waals surface area contributed by atoms with Gasteiger partial charge in [0.15, 0.2) is 0 Å². The number of fused-ring (bicyclic) bond motifs is 2. The fourth-order valence-electron chi connectivity index (χ4n) is 10.4. The van der Waals surface area contributed by atoms with Crippen molar-refractivity contribution in [1.82, 2.24) is 40.4 Å². The Labute approximate surface area is 378 Å². The highest BCUT2D eigenvalue weighted by Crippen LogP contribution is 2.50. The second-order valence-corrected chi connectivity index (χ2v) is 18.9. The number of anilines is 1. The number of likely N-dealkylation sites (tertiary alicyclic amines) is 2. The zero-order chi connectivity index (χ0) is 45.7. The minimum absolute atomic E-state index is 0.144. The Bertz CT molecular complexity index is 2460. The van der Waals surface area contributed by atoms with Crippen LogP contribution in [0.4, 0.5) is 19.7 Å². The fraction of sp³-hybridized carbons (Fsp3) is 0.510. The molecule has 4 fully saturated rings. The van der Waals surface area contributed by atoms with E-state index in [1.807, 2.05) is 55.7 Å². The number of H-pyrrole nitrogens is 2. The van der Waals surface area contributed by atoms with Crippen molar-refractivity contribution in [1.29, 1.82) is 0 Å². The zero-order valence-electron chi connectivity index (χ0n) is 38.0. The van der Waals surface area contributed by atoms with Crippen LogP contribution in [0.15, 0.2) is 54.6 Å². The van der Waals surface area contributed by atoms with E-state index in [2.05, 4.69) is 55.8 Å². The smallest absolute Gasteiger partial charge is 0.407 e. The number of halogens is 1. The summed E-state index contributed by atoms with van der Waals surface area (Å²) in [4.78, 5) is 75.0. The van der Waals surface area contributed by atoms with Gasteiger partial charge in [0.05, 0.1) is 66.1 Å². The van der Waals surface area contributed by atoms with Crippen molar-refractivity contribution < 1.29 is 33.0 Å². The first-order chi connectivity index (χ1) is 31.3. The number of nitrogens with zero attached hydrogens (tertiary/aromatic N) is 5. The predicted octanol–water partition coefficient (Wildman–Crippen LogP) is 8.63. The van der Waals surface area contributed by atoms with Crippen LogP contribution in [0.3, 0.4) is 0 Å². The van der Waals surface area contributed by atoms with Gasteiger partial charge < -0.3 is 44.8 Å². The molecule has 4 aliphatic rings. The Kier molecular flexibility index (Phi) is 12.2. The van der Waals surface area contributed by atoms with E-state index in [1.165, 1.54) is 14.2 Å². The average Bonchev–Trinajstić information content (AvgIpc) is 3.83. The van der Waals surface area contributed by atoms with Crippen LogP contribution in [0.2, 0.25) is 0 Å². The number of carbonyl (C=O) groups is 4. The Balaban J connectivity index is 1.01. The minimum atomic E-state index is -0.732. The van der Waals surface area contributed by atoms with Crippen molar-refractivity contribution >= 4 is 51.8 Å². The highest BCUT2D eigenvalue weighted by molar-refractivity contribution is 5.87. The van der Waals surface area contributed by atoms with Crippen molar-refractivity contribution in [2.45, 2.75) is 121 Å². The Morgan fingerprint density at radius 1 is 0.631 bits per heavy atom. The summed E-state index contributed by atoms with van der Waals surface area (Å²) in [6.45, 7) is 8.71. The summed E-state index contributed by atoms with van der Waals surface area (Å²) in [5.74, 6) is 0.951. The molecule has 4 N–H and O–H groups in total. The molecule has 3 saturated heterocycles. The second kappa shape index (κ2) is 18.0. The van der Waals surface area contributed by atoms with E-state index < -0.39 is 24.3 Å². The van der Waals surface area contributed by atoms with E-state index in [4.69, 9.17) is 19.4 Å². The summed E-state index contributed by atoms with van der Waals surface area (Å²) in [5, 5.41) is 5.44. The second-order valence-electron chi connectivity index (χ2n) is 18.9. The first kappa shape index (κ1) is 44.0. The lowest BCUT2D eigenvalue weighted by atomic mass is 10.0. The number of nitrogens with one attached hydrogen (secondary N) is 4. The number of hydrogen-bond donors (Lipinski definition) is 4. The molecular weight excluding hydrogens is 830 g/mol. The molecule has 344 valence electrons. The number of aromatic nitrogens is 4. The average molecular weight is 890 g/mol. The van der Waals surface area contributed by atoms with Crippen molar-refractivity contribution in [2.24, 2.45) is 11.8 Å². The van der Waals surface area contributed by atoms with Crippen molar-refractivity contribution in [3.63, 3.8) is 0 Å². The Morgan fingerprint density at radius 2 is 1.09 bits per heavy atom. The van der Waals surface area contributed by atoms with Crippen molar-refractivity contribution in [3.8, 4) is 0 Å². The Hall–Kier alpha value is -6.19. The number of hydrogen-bond acceptors (Lipinski definition) is 9. The van der Waals surface area contributed by atoms with E-state index in [0.29, 0.717) is 36.3 Å². The number of alkyl carbamates (subject to hydrolysis) is 2. The molecule has 0 bridgehead atoms. The minimum Gasteiger partial charge on any atom is -0.453 e. The van der Waals surface area contributed by atoms with Gasteiger partial charge in [-0.3, -0.25) is 9.59 Å². The molecule has 0 radical (unpaired) electrons. The SMILES string of the molecule is COC(=O)N[C@H](C(=O)N1CCC[C@H]1c1nc2ccc([C@H]3CC[C@H](c4ccc5nc([C@@H]6CCCN6C(=O)[C@@H](NC(=O)OC)C(C)C)[nH]c5c4)N3c3ccc(C4CC4)cc3F)cc2[nH]1)C(C)C. The van der Waals surface area contributed by atoms with Gasteiger partial charge in [-0.15, -0.1) is 0 Å². The maximum Gasteiger partial charge on any atom is 0.407 e. The molecule has 6 atom stereocenters. The third-order valence-electron chi connectivity index (χ3n) is 14.0. The van der Waals surface area contributed by atoms with E-state index >= 15 is 4.39 Å². The van der Waals surface area contributed by atoms with Gasteiger partial charge in [-0.25, -0.2) is 23.9 Å². The number of imidazole rings is 2. The zero-order valence-corrected chi connectivity index (χ0v) is 38.0. The summed E-state index contributed by atoms with van der Waals surface area (Å²) in [6, 6.07) is 15.8. The van der Waals surface area contributed by atoms with Crippen LogP contribution < -0.4 is 15.5 Å². The van der Waals surface area contributed by atoms with Crippen molar-refractivity contribution in [2.75, 3.05) is 32.2 Å². The molecule has 5 aromatic rings. The molecule has 4 amide bonds. The normalized spacial score (nSPS) is 22.0. The summed E-state index contributed by atoms with van der Waals surface area (Å²) in [6.07, 6.45) is 5.52. The first-order valence-electron chi connectivity index (χ1n) is 23.2. The topological polar surface area (TPSA) is 178 Å². The van der Waals surface area contributed by atoms with E-state index in [-0.39, 0.29) is 53.6 Å². The number of rotatable bonds is 12. The lowest BCUT2D eigenvalue weighted by Crippen LogP contribution is -2.51. The maximum atomic E-state index is 16.5. The summed E-state index contributed by atoms with van der Waals surface area (Å²) < 4.78 is 26.2. The van der Waals surface area contributed by atoms with E-state index in [9.17, 15) is 19.2 Å². The van der Waals surface area contributed by atoms with E-state index in [1.54, 1.807) is 6.07 Å². The molecule has 9 rings (SSSR count). The van der Waals surface area contributed by atoms with Crippen LogP contribution >= 0.6 is 0 Å². The van der Waals surface area contributed by atoms with Crippen LogP contribution in [0, 0.1) is 17.7 Å². The number of benzene rings is 3. The fourth-order valence-corrected chi connectivity index (χ4v) is 10.4. The molecule has 3 aliphatic heterocycles. The van der Waals surface area contributed by atoms with Gasteiger partial charge >= 0.3 is 12.2 Å². The third kappa shape index (κ3) is 8.59. The highest BCUT2D eigenvalue weighted by Gasteiger charge is 2.41. The number of amides is 4. The molecule has 16 heteroatoms. The van der Waals surface area contributed by atoms with Gasteiger partial charge in [-0.1, -0.05) is 45.9 Å². The van der Waals surface area contributed by atoms with Gasteiger partial charge in [-0.05, 0) is 122 Å². The molecule has 0 spiro atoms. The number of ether oxygens (including phenoxy) is 2. The molecule has 3 aromatic carbocycles. The first-order valence-corrected chi connectivity index (χ1v) is 23.2. The van der Waals surface area contributed by atoms with Crippen LogP contribution in [0.1, 0.15) is 137 Å². The molecule has 1 saturated carbocycles. The van der Waals surface area contributed by atoms with Gasteiger partial charge in [-0.2, -0.15) is 0 Å². The quantitative estimate of drug-likeness (QED) is 0.0955. The van der Waals surface area contributed by atoms with Gasteiger partial charge in [0.2, 0.25) is 11.8 Å². The lowest BCUT2D eigenvalue weighted by molar-refractivity contribution is -0.136. The van der Waals surface area contributed by atoms with Gasteiger partial charge in [0.1, 0.15) is 29.5 Å². The molecule has 5 heterocycles. The van der Waals surface area contributed by atoms with Gasteiger partial charge in [0.25, 0.3) is 0 Å². The standard InChI is InChI=1S/C49H60FN9O6/c1-26(2)42(55-48(62)64-5)46(60)57-21-7-9-40(57)44-51-33-16-13-30(24-35(33)53-44)37-19-20-38(59(37)39-18-15-29(23-32(39)50)28-11-12-28)31-14-17-34-36(25-31)54-45(52-34)41-10-8-22-58(41)47(61)43(27(3)4)56-49(63)65-6/h13-18,23-28,37-38,40-43H,7-12,19-22H2,1-6H3,(H,51,53)(H,52,54)(H,55,62)(H,56,63)/t37-,38-,40+,41+,42+,43+/m1/s1. The summed E-state index contributed by atoms with van der Waals surface area (Å²) in [7, 11) is 2.57. The molecule has 1 aliphatic carbocycles. The predicted molar refractivity (Wildman–Crippen MR) is 243 cm³/mol. The third-order valence-corrected chi connectivity index (χ3v) is 14.0. The van der Waals surface area contributed by atoms with E-state index in [0.717, 1.165) is 90.1 Å². The monoisotopic (exact) mass is 889 g/mol. The number of aromatic amines is 2. The Morgan fingerprint density at radius 3 is 1.51 bits per heavy atom. The van der Waals surface area contributed by atoms with Crippen molar-refractivity contribution in [3.05, 3.63) is 88.8 Å². The van der Waals surface area contributed by atoms with Crippen LogP contribution in [-0.2, 0) is 19.1 Å². The summed E-state index contributed by atoms with van der Waals surface area (Å²) >= 11 is 0. The molecule has 2 aromatic heterocycles. The van der Waals surface area contributed by atoms with Crippen LogP contribution in [-0.4, -0.2) is 93.1 Å². The van der Waals surface area contributed by atoms with Crippen LogP contribution in [0.25, 0.3) is 22.1 Å². The molecule has 65 heavy (non-hydrogen) atoms. The molecule has 15 nitrogen and oxygen atoms in total. The highest BCUT2D eigenvalue weighted by atomic mass is 19.1. The van der Waals surface area contributed by atoms with Crippen LogP contribution in [0.5, 0.6) is 0 Å². The molecule has 0 unspecified atom stereocenters. The lowest BCUT2D eigenvalue weighted by Gasteiger charge is -2.33. The largest absolute Gasteiger partial charge is 0.453 e. The summed E-state index contributed by atoms with van der Waals surface area (Å²) in [5.41, 5.74) is 6.88. The maximum absolute atomic E-state index is 16.5. The number of carbonyl (C=O) groups excluding carboxylic acids is 4. The van der Waals surface area contributed by atoms with Gasteiger partial charge in [0, 0.05) is 13.1 Å². The number of methoxy groups -OCH3 is 2.